The number of rotatable bonds is 4. The fourth-order valence-electron chi connectivity index (χ4n) is 2.34. The summed E-state index contributed by atoms with van der Waals surface area (Å²) in [5.74, 6) is 0.200. The Morgan fingerprint density at radius 2 is 1.96 bits per heavy atom. The Bertz CT molecular complexity index is 1010. The number of carbonyl (C=O) groups excluding carboxylic acids is 1. The molecular formula is C20H15ClN4O. The van der Waals surface area contributed by atoms with E-state index in [2.05, 4.69) is 21.7 Å². The van der Waals surface area contributed by atoms with Crippen molar-refractivity contribution in [3.05, 3.63) is 82.5 Å². The Kier molecular flexibility index (Phi) is 5.16. The Morgan fingerprint density at radius 3 is 2.73 bits per heavy atom. The lowest BCUT2D eigenvalue weighted by molar-refractivity contribution is 0.102. The number of hydrogen-bond donors (Lipinski definition) is 2. The number of carbonyl (C=O) groups is 1. The van der Waals surface area contributed by atoms with Gasteiger partial charge in [-0.15, -0.1) is 0 Å². The fraction of sp³-hybridized carbons (Fsp3) is 0.0500. The summed E-state index contributed by atoms with van der Waals surface area (Å²) < 4.78 is 0. The van der Waals surface area contributed by atoms with Crippen molar-refractivity contribution in [3.63, 3.8) is 0 Å². The van der Waals surface area contributed by atoms with E-state index >= 15 is 0 Å². The molecule has 0 spiro atoms. The summed E-state index contributed by atoms with van der Waals surface area (Å²) in [6.07, 6.45) is 1.54. The first-order valence-electron chi connectivity index (χ1n) is 7.86. The van der Waals surface area contributed by atoms with Crippen LogP contribution in [0, 0.1) is 18.3 Å². The molecule has 1 amide bonds. The van der Waals surface area contributed by atoms with Gasteiger partial charge in [0.05, 0.1) is 11.3 Å². The lowest BCUT2D eigenvalue weighted by atomic mass is 10.1. The quantitative estimate of drug-likeness (QED) is 0.691. The second-order valence-corrected chi connectivity index (χ2v) is 6.04. The molecule has 0 unspecified atom stereocenters. The number of halogens is 1. The summed E-state index contributed by atoms with van der Waals surface area (Å²) in [5, 5.41) is 15.6. The molecule has 2 N–H and O–H groups in total. The number of anilines is 3. The van der Waals surface area contributed by atoms with E-state index in [0.29, 0.717) is 27.7 Å². The molecule has 0 aliphatic heterocycles. The van der Waals surface area contributed by atoms with Crippen LogP contribution in [0.3, 0.4) is 0 Å². The molecule has 0 saturated heterocycles. The van der Waals surface area contributed by atoms with Crippen molar-refractivity contribution in [2.75, 3.05) is 10.6 Å². The zero-order chi connectivity index (χ0) is 18.5. The number of nitrogens with one attached hydrogen (secondary N) is 2. The third-order valence-electron chi connectivity index (χ3n) is 3.76. The molecule has 3 rings (SSSR count). The number of aryl methyl sites for hydroxylation is 1. The highest BCUT2D eigenvalue weighted by Gasteiger charge is 2.10. The molecular weight excluding hydrogens is 348 g/mol. The van der Waals surface area contributed by atoms with Gasteiger partial charge in [0.15, 0.2) is 0 Å². The highest BCUT2D eigenvalue weighted by atomic mass is 35.5. The topological polar surface area (TPSA) is 77.8 Å². The normalized spacial score (nSPS) is 10.0. The molecule has 2 aromatic carbocycles. The number of para-hydroxylation sites is 1. The second kappa shape index (κ2) is 7.68. The van der Waals surface area contributed by atoms with Crippen molar-refractivity contribution in [1.29, 1.82) is 5.26 Å². The Balaban J connectivity index is 1.79. The summed E-state index contributed by atoms with van der Waals surface area (Å²) >= 11 is 6.13. The predicted octanol–water partition coefficient (Wildman–Crippen LogP) is 4.91. The van der Waals surface area contributed by atoms with Gasteiger partial charge in [0.2, 0.25) is 0 Å². The van der Waals surface area contributed by atoms with Gasteiger partial charge in [0.25, 0.3) is 5.91 Å². The summed E-state index contributed by atoms with van der Waals surface area (Å²) in [6, 6.07) is 17.7. The molecule has 0 atom stereocenters. The molecule has 1 aromatic heterocycles. The maximum atomic E-state index is 12.5. The standard InChI is InChI=1S/C20H15ClN4O/c1-13-6-7-16(11-17(13)21)24-19-10-14(8-9-23-19)20(26)25-18-5-3-2-4-15(18)12-22/h2-11H,1H3,(H,23,24)(H,25,26). The van der Waals surface area contributed by atoms with Crippen LogP contribution in [-0.4, -0.2) is 10.9 Å². The fourth-order valence-corrected chi connectivity index (χ4v) is 2.52. The summed E-state index contributed by atoms with van der Waals surface area (Å²) in [4.78, 5) is 16.7. The van der Waals surface area contributed by atoms with Crippen LogP contribution in [0.5, 0.6) is 0 Å². The number of nitriles is 1. The zero-order valence-electron chi connectivity index (χ0n) is 14.0. The van der Waals surface area contributed by atoms with Gasteiger partial charge in [-0.3, -0.25) is 4.79 Å². The molecule has 6 heteroatoms. The van der Waals surface area contributed by atoms with Gasteiger partial charge in [0.1, 0.15) is 11.9 Å². The van der Waals surface area contributed by atoms with Crippen molar-refractivity contribution >= 4 is 34.7 Å². The first-order valence-corrected chi connectivity index (χ1v) is 8.24. The maximum absolute atomic E-state index is 12.5. The number of amides is 1. The largest absolute Gasteiger partial charge is 0.340 e. The molecule has 3 aromatic rings. The molecule has 0 saturated carbocycles. The number of pyridine rings is 1. The van der Waals surface area contributed by atoms with Crippen molar-refractivity contribution in [2.45, 2.75) is 6.92 Å². The van der Waals surface area contributed by atoms with Crippen molar-refractivity contribution < 1.29 is 4.79 Å². The van der Waals surface area contributed by atoms with Crippen LogP contribution in [0.2, 0.25) is 5.02 Å². The average molecular weight is 363 g/mol. The molecule has 1 heterocycles. The number of nitrogens with zero attached hydrogens (tertiary/aromatic N) is 2. The van der Waals surface area contributed by atoms with Crippen LogP contribution in [0.25, 0.3) is 0 Å². The lowest BCUT2D eigenvalue weighted by Crippen LogP contribution is -2.13. The van der Waals surface area contributed by atoms with Crippen LogP contribution in [0.4, 0.5) is 17.2 Å². The van der Waals surface area contributed by atoms with Gasteiger partial charge < -0.3 is 10.6 Å². The number of hydrogen-bond acceptors (Lipinski definition) is 4. The molecule has 0 aliphatic rings. The van der Waals surface area contributed by atoms with E-state index in [0.717, 1.165) is 11.3 Å². The van der Waals surface area contributed by atoms with Gasteiger partial charge in [-0.25, -0.2) is 4.98 Å². The highest BCUT2D eigenvalue weighted by molar-refractivity contribution is 6.31. The van der Waals surface area contributed by atoms with Crippen LogP contribution < -0.4 is 10.6 Å². The second-order valence-electron chi connectivity index (χ2n) is 5.63. The highest BCUT2D eigenvalue weighted by Crippen LogP contribution is 2.23. The van der Waals surface area contributed by atoms with Crippen LogP contribution >= 0.6 is 11.6 Å². The summed E-state index contributed by atoms with van der Waals surface area (Å²) in [7, 11) is 0. The third kappa shape index (κ3) is 4.00. The molecule has 26 heavy (non-hydrogen) atoms. The summed E-state index contributed by atoms with van der Waals surface area (Å²) in [5.41, 5.74) is 3.06. The van der Waals surface area contributed by atoms with Gasteiger partial charge in [-0.1, -0.05) is 29.8 Å². The number of benzene rings is 2. The van der Waals surface area contributed by atoms with E-state index in [-0.39, 0.29) is 5.91 Å². The first-order chi connectivity index (χ1) is 12.6. The van der Waals surface area contributed by atoms with Crippen molar-refractivity contribution in [2.24, 2.45) is 0 Å². The van der Waals surface area contributed by atoms with Gasteiger partial charge in [-0.05, 0) is 48.9 Å². The van der Waals surface area contributed by atoms with E-state index < -0.39 is 0 Å². The summed E-state index contributed by atoms with van der Waals surface area (Å²) in [6.45, 7) is 1.93. The zero-order valence-corrected chi connectivity index (χ0v) is 14.7. The SMILES string of the molecule is Cc1ccc(Nc2cc(C(=O)Nc3ccccc3C#N)ccn2)cc1Cl. The van der Waals surface area contributed by atoms with E-state index in [1.807, 2.05) is 19.1 Å². The maximum Gasteiger partial charge on any atom is 0.255 e. The lowest BCUT2D eigenvalue weighted by Gasteiger charge is -2.10. The van der Waals surface area contributed by atoms with Crippen LogP contribution in [0.1, 0.15) is 21.5 Å². The van der Waals surface area contributed by atoms with E-state index in [9.17, 15) is 4.79 Å². The van der Waals surface area contributed by atoms with E-state index in [1.165, 1.54) is 0 Å². The molecule has 0 fully saturated rings. The molecule has 5 nitrogen and oxygen atoms in total. The monoisotopic (exact) mass is 362 g/mol. The van der Waals surface area contributed by atoms with Crippen molar-refractivity contribution in [3.8, 4) is 6.07 Å². The Labute approximate surface area is 156 Å². The average Bonchev–Trinajstić information content (AvgIpc) is 2.65. The molecule has 128 valence electrons. The van der Waals surface area contributed by atoms with Gasteiger partial charge in [0, 0.05) is 22.5 Å². The Morgan fingerprint density at radius 1 is 1.15 bits per heavy atom. The smallest absolute Gasteiger partial charge is 0.255 e. The predicted molar refractivity (Wildman–Crippen MR) is 103 cm³/mol. The van der Waals surface area contributed by atoms with E-state index in [4.69, 9.17) is 16.9 Å². The number of aromatic nitrogens is 1. The molecule has 0 aliphatic carbocycles. The minimum Gasteiger partial charge on any atom is -0.340 e. The first kappa shape index (κ1) is 17.5. The van der Waals surface area contributed by atoms with Gasteiger partial charge in [-0.2, -0.15) is 5.26 Å². The third-order valence-corrected chi connectivity index (χ3v) is 4.17. The van der Waals surface area contributed by atoms with Crippen LogP contribution in [0.15, 0.2) is 60.8 Å². The van der Waals surface area contributed by atoms with Crippen LogP contribution in [-0.2, 0) is 0 Å². The molecule has 0 radical (unpaired) electrons. The minimum atomic E-state index is -0.319. The van der Waals surface area contributed by atoms with Crippen molar-refractivity contribution in [1.82, 2.24) is 4.98 Å². The molecule has 0 bridgehead atoms. The Hall–Kier alpha value is -3.36. The minimum absolute atomic E-state index is 0.319. The van der Waals surface area contributed by atoms with E-state index in [1.54, 1.807) is 48.7 Å². The van der Waals surface area contributed by atoms with Gasteiger partial charge >= 0.3 is 0 Å².